The number of phosphoric acid groups is 1. The van der Waals surface area contributed by atoms with Crippen molar-refractivity contribution in [2.24, 2.45) is 23.5 Å². The van der Waals surface area contributed by atoms with Crippen LogP contribution in [0.1, 0.15) is 106 Å². The van der Waals surface area contributed by atoms with E-state index in [2.05, 4.69) is 21.3 Å². The normalized spacial score (nSPS) is 21.9. The second kappa shape index (κ2) is 23.8. The highest BCUT2D eigenvalue weighted by atomic mass is 31.2. The first-order valence-electron chi connectivity index (χ1n) is 21.8. The van der Waals surface area contributed by atoms with Crippen LogP contribution in [-0.4, -0.2) is 163 Å². The third kappa shape index (κ3) is 14.9. The molecule has 0 bridgehead atoms. The molecule has 0 aliphatic carbocycles. The summed E-state index contributed by atoms with van der Waals surface area (Å²) < 4.78 is 16.9. The Balaban J connectivity index is 1.84. The van der Waals surface area contributed by atoms with Crippen LogP contribution < -0.4 is 27.0 Å². The van der Waals surface area contributed by atoms with Gasteiger partial charge in [0.15, 0.2) is 0 Å². The lowest BCUT2D eigenvalue weighted by Crippen LogP contribution is -2.61. The lowest BCUT2D eigenvalue weighted by Gasteiger charge is -2.35. The van der Waals surface area contributed by atoms with Gasteiger partial charge in [-0.1, -0.05) is 41.5 Å². The minimum Gasteiger partial charge on any atom is -0.394 e. The van der Waals surface area contributed by atoms with Crippen molar-refractivity contribution in [2.75, 3.05) is 32.8 Å². The molecular formula is C40H71N8O13P. The maximum atomic E-state index is 14.4. The molecule has 0 aromatic heterocycles. The Bertz CT molecular complexity index is 1630. The average molecular weight is 903 g/mol. The molecule has 3 heterocycles. The molecule has 62 heavy (non-hydrogen) atoms. The summed E-state index contributed by atoms with van der Waals surface area (Å²) in [5.74, 6) is -4.41. The number of nitrogens with two attached hydrogens (primary N) is 1. The molecule has 21 nitrogen and oxygen atoms in total. The number of aliphatic hydroxyl groups excluding tert-OH is 2. The predicted molar refractivity (Wildman–Crippen MR) is 225 cm³/mol. The number of amides is 7. The molecule has 354 valence electrons. The van der Waals surface area contributed by atoms with Crippen molar-refractivity contribution < 1.29 is 62.7 Å². The minimum atomic E-state index is -5.22. The molecule has 0 saturated carbocycles. The van der Waals surface area contributed by atoms with E-state index in [4.69, 9.17) is 10.3 Å². The fourth-order valence-corrected chi connectivity index (χ4v) is 8.93. The van der Waals surface area contributed by atoms with E-state index < -0.39 is 117 Å². The number of phosphoric ester groups is 1. The Kier molecular flexibility index (Phi) is 20.2. The van der Waals surface area contributed by atoms with Gasteiger partial charge in [-0.05, 0) is 82.5 Å². The van der Waals surface area contributed by atoms with Gasteiger partial charge in [-0.25, -0.2) is 4.57 Å². The Morgan fingerprint density at radius 1 is 0.629 bits per heavy atom. The summed E-state index contributed by atoms with van der Waals surface area (Å²) in [6, 6.07) is -8.79. The Morgan fingerprint density at radius 2 is 1.10 bits per heavy atom. The van der Waals surface area contributed by atoms with Crippen LogP contribution in [0.4, 0.5) is 0 Å². The van der Waals surface area contributed by atoms with Crippen molar-refractivity contribution >= 4 is 49.2 Å². The average Bonchev–Trinajstić information content (AvgIpc) is 3.98. The first-order valence-corrected chi connectivity index (χ1v) is 23.4. The summed E-state index contributed by atoms with van der Waals surface area (Å²) in [5, 5.41) is 29.5. The number of carbonyl (C=O) groups excluding carboxylic acids is 7. The molecule has 0 unspecified atom stereocenters. The van der Waals surface area contributed by atoms with Crippen LogP contribution in [0.2, 0.25) is 0 Å². The number of hydrogen-bond donors (Lipinski definition) is 9. The summed E-state index contributed by atoms with van der Waals surface area (Å²) in [7, 11) is -5.22. The van der Waals surface area contributed by atoms with Gasteiger partial charge in [-0.15, -0.1) is 0 Å². The van der Waals surface area contributed by atoms with Crippen molar-refractivity contribution in [3.63, 3.8) is 0 Å². The Morgan fingerprint density at radius 3 is 1.61 bits per heavy atom. The number of nitrogens with one attached hydrogen (secondary N) is 4. The Labute approximate surface area is 364 Å². The Hall–Kier alpha value is -3.72. The largest absolute Gasteiger partial charge is 0.469 e. The van der Waals surface area contributed by atoms with Crippen molar-refractivity contribution in [2.45, 2.75) is 161 Å². The first kappa shape index (κ1) is 52.6. The van der Waals surface area contributed by atoms with Crippen LogP contribution in [0.5, 0.6) is 0 Å². The van der Waals surface area contributed by atoms with E-state index >= 15 is 0 Å². The van der Waals surface area contributed by atoms with E-state index in [1.807, 2.05) is 41.5 Å². The summed E-state index contributed by atoms with van der Waals surface area (Å²) >= 11 is 0. The predicted octanol–water partition coefficient (Wildman–Crippen LogP) is -1.15. The first-order chi connectivity index (χ1) is 29.0. The zero-order valence-electron chi connectivity index (χ0n) is 37.2. The molecule has 0 aromatic carbocycles. The molecule has 3 aliphatic rings. The van der Waals surface area contributed by atoms with Gasteiger partial charge in [0.1, 0.15) is 36.3 Å². The van der Waals surface area contributed by atoms with Gasteiger partial charge in [-0.2, -0.15) is 0 Å². The highest BCUT2D eigenvalue weighted by molar-refractivity contribution is 7.46. The molecule has 7 amide bonds. The summed E-state index contributed by atoms with van der Waals surface area (Å²) in [4.78, 5) is 120. The van der Waals surface area contributed by atoms with Crippen LogP contribution in [-0.2, 0) is 42.7 Å². The SMILES string of the molecule is CC(C)C[C@H](NC(=O)[C@@H]1CCCN1C(=O)[C@@H]1CCCN1C(=O)[C@@H](NC(=O)[C@@H]1CCCN1C(=O)[C@H](CC(C)C)NC(=O)[C@@H](N)CC(C)C)[C@@H](C)OP(=O)(O)O)C(=O)NC(CO)CO. The van der Waals surface area contributed by atoms with Crippen LogP contribution >= 0.6 is 7.82 Å². The molecule has 22 heteroatoms. The van der Waals surface area contributed by atoms with E-state index in [1.54, 1.807) is 0 Å². The number of likely N-dealkylation sites (tertiary alicyclic amines) is 3. The topological polar surface area (TPSA) is 311 Å². The van der Waals surface area contributed by atoms with Gasteiger partial charge < -0.3 is 61.7 Å². The summed E-state index contributed by atoms with van der Waals surface area (Å²) in [6.45, 7) is 11.8. The smallest absolute Gasteiger partial charge is 0.394 e. The molecule has 10 N–H and O–H groups in total. The zero-order valence-corrected chi connectivity index (χ0v) is 38.1. The van der Waals surface area contributed by atoms with Crippen LogP contribution in [0.25, 0.3) is 0 Å². The van der Waals surface area contributed by atoms with Crippen molar-refractivity contribution in [3.8, 4) is 0 Å². The maximum Gasteiger partial charge on any atom is 0.469 e. The van der Waals surface area contributed by atoms with Gasteiger partial charge in [-0.3, -0.25) is 38.1 Å². The highest BCUT2D eigenvalue weighted by Gasteiger charge is 2.47. The molecule has 8 atom stereocenters. The van der Waals surface area contributed by atoms with E-state index in [0.29, 0.717) is 25.7 Å². The fourth-order valence-electron chi connectivity index (χ4n) is 8.38. The van der Waals surface area contributed by atoms with Crippen LogP contribution in [0.3, 0.4) is 0 Å². The van der Waals surface area contributed by atoms with E-state index in [-0.39, 0.29) is 69.5 Å². The maximum absolute atomic E-state index is 14.4. The third-order valence-corrected chi connectivity index (χ3v) is 12.0. The van der Waals surface area contributed by atoms with Gasteiger partial charge in [0.2, 0.25) is 41.4 Å². The number of nitrogens with zero attached hydrogens (tertiary/aromatic N) is 3. The highest BCUT2D eigenvalue weighted by Crippen LogP contribution is 2.39. The van der Waals surface area contributed by atoms with Gasteiger partial charge in [0.25, 0.3) is 0 Å². The van der Waals surface area contributed by atoms with Crippen LogP contribution in [0, 0.1) is 17.8 Å². The number of hydrogen-bond acceptors (Lipinski definition) is 12. The monoisotopic (exact) mass is 902 g/mol. The second-order valence-corrected chi connectivity index (χ2v) is 19.2. The molecule has 0 radical (unpaired) electrons. The summed E-state index contributed by atoms with van der Waals surface area (Å²) in [6.07, 6.45) is 1.09. The van der Waals surface area contributed by atoms with Gasteiger partial charge >= 0.3 is 7.82 Å². The fraction of sp³-hybridized carbons (Fsp3) is 0.825. The van der Waals surface area contributed by atoms with E-state index in [1.165, 1.54) is 21.6 Å². The van der Waals surface area contributed by atoms with Gasteiger partial charge in [0.05, 0.1) is 31.4 Å². The molecular weight excluding hydrogens is 831 g/mol. The molecule has 3 aliphatic heterocycles. The number of rotatable bonds is 22. The van der Waals surface area contributed by atoms with Crippen molar-refractivity contribution in [1.29, 1.82) is 0 Å². The van der Waals surface area contributed by atoms with Crippen molar-refractivity contribution in [1.82, 2.24) is 36.0 Å². The molecule has 0 aromatic rings. The molecule has 3 rings (SSSR count). The van der Waals surface area contributed by atoms with E-state index in [0.717, 1.165) is 0 Å². The molecule has 3 saturated heterocycles. The van der Waals surface area contributed by atoms with E-state index in [9.17, 15) is 58.1 Å². The number of aliphatic hydroxyl groups is 2. The number of carbonyl (C=O) groups is 7. The summed E-state index contributed by atoms with van der Waals surface area (Å²) in [5.41, 5.74) is 6.11. The third-order valence-electron chi connectivity index (χ3n) is 11.3. The minimum absolute atomic E-state index is 0.0272. The van der Waals surface area contributed by atoms with Crippen molar-refractivity contribution in [3.05, 3.63) is 0 Å². The van der Waals surface area contributed by atoms with Crippen LogP contribution in [0.15, 0.2) is 0 Å². The second-order valence-electron chi connectivity index (χ2n) is 18.0. The quantitative estimate of drug-likeness (QED) is 0.0580. The molecule has 3 fully saturated rings. The lowest BCUT2D eigenvalue weighted by atomic mass is 10.00. The van der Waals surface area contributed by atoms with Gasteiger partial charge in [0, 0.05) is 19.6 Å². The standard InChI is InChI=1S/C40H71N8O13P/c1-22(2)17-27(41)34(51)44-29(19-24(5)6)38(55)46-14-8-12-31(46)37(54)45-33(25(7)61-62(58,59)60)40(57)48-16-10-13-32(48)39(56)47-15-9-11-30(47)36(53)43-28(18-23(3)4)35(52)42-26(20-49)21-50/h22-33,49-50H,8-21,41H2,1-7H3,(H,42,52)(H,43,53)(H,44,51)(H,45,54)(H2,58,59,60)/t25-,27+,28+,29+,30+,31+,32+,33+/m1/s1. The molecule has 0 spiro atoms. The zero-order chi connectivity index (χ0) is 46.6. The lowest BCUT2D eigenvalue weighted by molar-refractivity contribution is -0.150.